The lowest BCUT2D eigenvalue weighted by Gasteiger charge is -2.05. The largest absolute Gasteiger partial charge is 0.431 e. The molecule has 0 N–H and O–H groups in total. The van der Waals surface area contributed by atoms with Crippen LogP contribution in [0.3, 0.4) is 0 Å². The molecule has 0 saturated carbocycles. The predicted molar refractivity (Wildman–Crippen MR) is 57.1 cm³/mol. The molecule has 15 heavy (non-hydrogen) atoms. The van der Waals surface area contributed by atoms with Gasteiger partial charge in [-0.15, -0.1) is 6.58 Å². The monoisotopic (exact) mass is 208 g/mol. The predicted octanol–water partition coefficient (Wildman–Crippen LogP) is 2.52. The van der Waals surface area contributed by atoms with Gasteiger partial charge in [0.2, 0.25) is 0 Å². The van der Waals surface area contributed by atoms with E-state index in [0.29, 0.717) is 30.6 Å². The number of hydrogen-bond acceptors (Lipinski definition) is 3. The second kappa shape index (κ2) is 5.49. The topological polar surface area (TPSA) is 43.4 Å². The summed E-state index contributed by atoms with van der Waals surface area (Å²) in [4.78, 5) is 22.5. The lowest BCUT2D eigenvalue weighted by molar-refractivity contribution is -0.137. The van der Waals surface area contributed by atoms with Crippen LogP contribution < -0.4 is 0 Å². The maximum atomic E-state index is 11.7. The summed E-state index contributed by atoms with van der Waals surface area (Å²) < 4.78 is 5.02. The number of esters is 1. The molecule has 0 atom stereocenters. The van der Waals surface area contributed by atoms with Crippen molar-refractivity contribution in [1.29, 1.82) is 0 Å². The van der Waals surface area contributed by atoms with E-state index in [0.717, 1.165) is 12.8 Å². The molecule has 0 aromatic heterocycles. The van der Waals surface area contributed by atoms with Crippen molar-refractivity contribution >= 4 is 11.8 Å². The lowest BCUT2D eigenvalue weighted by atomic mass is 10.1. The molecule has 1 rings (SSSR count). The van der Waals surface area contributed by atoms with Crippen molar-refractivity contribution in [1.82, 2.24) is 0 Å². The number of carbonyl (C=O) groups is 2. The summed E-state index contributed by atoms with van der Waals surface area (Å²) >= 11 is 0. The van der Waals surface area contributed by atoms with Crippen molar-refractivity contribution in [2.45, 2.75) is 39.0 Å². The zero-order chi connectivity index (χ0) is 11.3. The highest BCUT2D eigenvalue weighted by Crippen LogP contribution is 2.28. The van der Waals surface area contributed by atoms with Gasteiger partial charge in [0.1, 0.15) is 5.76 Å². The molecule has 0 heterocycles. The zero-order valence-corrected chi connectivity index (χ0v) is 9.04. The Morgan fingerprint density at radius 3 is 2.80 bits per heavy atom. The van der Waals surface area contributed by atoms with Gasteiger partial charge in [0, 0.05) is 25.3 Å². The van der Waals surface area contributed by atoms with Crippen LogP contribution in [-0.4, -0.2) is 11.8 Å². The molecule has 0 unspecified atom stereocenters. The molecule has 0 aromatic carbocycles. The minimum Gasteiger partial charge on any atom is -0.431 e. The Labute approximate surface area is 89.8 Å². The van der Waals surface area contributed by atoms with E-state index in [9.17, 15) is 9.59 Å². The average molecular weight is 208 g/mol. The first-order valence-electron chi connectivity index (χ1n) is 5.19. The number of carbonyl (C=O) groups excluding carboxylic acids is 2. The van der Waals surface area contributed by atoms with Gasteiger partial charge in [-0.3, -0.25) is 9.59 Å². The summed E-state index contributed by atoms with van der Waals surface area (Å²) in [6, 6.07) is 0. The molecule has 3 heteroatoms. The van der Waals surface area contributed by atoms with Crippen molar-refractivity contribution in [3.05, 3.63) is 24.0 Å². The third-order valence-corrected chi connectivity index (χ3v) is 2.35. The molecule has 1 aliphatic rings. The number of rotatable bonds is 5. The molecular formula is C12H16O3. The Bertz CT molecular complexity index is 313. The number of allylic oxidation sites excluding steroid dienone is 3. The molecule has 0 aliphatic heterocycles. The van der Waals surface area contributed by atoms with E-state index in [1.807, 2.05) is 0 Å². The van der Waals surface area contributed by atoms with Gasteiger partial charge in [0.15, 0.2) is 5.78 Å². The SMILES string of the molecule is C=CCCC(=O)C1=C(OC(C)=O)CCC1. The van der Waals surface area contributed by atoms with E-state index >= 15 is 0 Å². The van der Waals surface area contributed by atoms with Crippen LogP contribution in [0.15, 0.2) is 24.0 Å². The van der Waals surface area contributed by atoms with Crippen molar-refractivity contribution in [3.63, 3.8) is 0 Å². The summed E-state index contributed by atoms with van der Waals surface area (Å²) in [5.74, 6) is 0.320. The van der Waals surface area contributed by atoms with Crippen LogP contribution in [0.5, 0.6) is 0 Å². The van der Waals surface area contributed by atoms with Crippen LogP contribution in [0.1, 0.15) is 39.0 Å². The molecule has 3 nitrogen and oxygen atoms in total. The van der Waals surface area contributed by atoms with Crippen molar-refractivity contribution < 1.29 is 14.3 Å². The highest BCUT2D eigenvalue weighted by atomic mass is 16.5. The van der Waals surface area contributed by atoms with E-state index < -0.39 is 0 Å². The van der Waals surface area contributed by atoms with E-state index in [1.54, 1.807) is 6.08 Å². The third-order valence-electron chi connectivity index (χ3n) is 2.35. The number of ether oxygens (including phenoxy) is 1. The first-order valence-corrected chi connectivity index (χ1v) is 5.19. The maximum absolute atomic E-state index is 11.7. The Balaban J connectivity index is 2.67. The van der Waals surface area contributed by atoms with Gasteiger partial charge < -0.3 is 4.74 Å². The minimum atomic E-state index is -0.346. The third kappa shape index (κ3) is 3.35. The fourth-order valence-corrected chi connectivity index (χ4v) is 1.68. The van der Waals surface area contributed by atoms with Gasteiger partial charge in [-0.2, -0.15) is 0 Å². The number of ketones is 1. The van der Waals surface area contributed by atoms with E-state index in [2.05, 4.69) is 6.58 Å². The summed E-state index contributed by atoms with van der Waals surface area (Å²) in [6.07, 6.45) is 5.20. The van der Waals surface area contributed by atoms with E-state index in [-0.39, 0.29) is 11.8 Å². The summed E-state index contributed by atoms with van der Waals surface area (Å²) in [7, 11) is 0. The van der Waals surface area contributed by atoms with Crippen molar-refractivity contribution in [2.24, 2.45) is 0 Å². The summed E-state index contributed by atoms with van der Waals surface area (Å²) in [5.41, 5.74) is 0.701. The van der Waals surface area contributed by atoms with Gasteiger partial charge in [-0.05, 0) is 19.3 Å². The highest BCUT2D eigenvalue weighted by molar-refractivity contribution is 5.96. The first kappa shape index (κ1) is 11.7. The highest BCUT2D eigenvalue weighted by Gasteiger charge is 2.22. The molecular weight excluding hydrogens is 192 g/mol. The Morgan fingerprint density at radius 2 is 2.20 bits per heavy atom. The molecule has 0 amide bonds. The molecule has 0 spiro atoms. The maximum Gasteiger partial charge on any atom is 0.307 e. The quantitative estimate of drug-likeness (QED) is 0.515. The first-order chi connectivity index (χ1) is 7.15. The summed E-state index contributed by atoms with van der Waals surface area (Å²) in [6.45, 7) is 4.93. The zero-order valence-electron chi connectivity index (χ0n) is 9.04. The Hall–Kier alpha value is -1.38. The van der Waals surface area contributed by atoms with Gasteiger partial charge in [-0.1, -0.05) is 6.08 Å². The van der Waals surface area contributed by atoms with Crippen molar-refractivity contribution in [3.8, 4) is 0 Å². The van der Waals surface area contributed by atoms with E-state index in [1.165, 1.54) is 6.92 Å². The van der Waals surface area contributed by atoms with Crippen LogP contribution in [0.25, 0.3) is 0 Å². The van der Waals surface area contributed by atoms with Crippen LogP contribution in [0.4, 0.5) is 0 Å². The normalized spacial score (nSPS) is 15.3. The summed E-state index contributed by atoms with van der Waals surface area (Å²) in [5, 5.41) is 0. The van der Waals surface area contributed by atoms with Crippen molar-refractivity contribution in [2.75, 3.05) is 0 Å². The molecule has 0 aromatic rings. The second-order valence-electron chi connectivity index (χ2n) is 3.60. The van der Waals surface area contributed by atoms with Gasteiger partial charge >= 0.3 is 5.97 Å². The number of hydrogen-bond donors (Lipinski definition) is 0. The van der Waals surface area contributed by atoms with Crippen LogP contribution in [0, 0.1) is 0 Å². The lowest BCUT2D eigenvalue weighted by Crippen LogP contribution is -2.05. The van der Waals surface area contributed by atoms with Crippen LogP contribution >= 0.6 is 0 Å². The molecule has 82 valence electrons. The van der Waals surface area contributed by atoms with Gasteiger partial charge in [0.05, 0.1) is 0 Å². The molecule has 0 fully saturated rings. The molecule has 0 saturated heterocycles. The fraction of sp³-hybridized carbons (Fsp3) is 0.500. The molecule has 0 bridgehead atoms. The van der Waals surface area contributed by atoms with Crippen LogP contribution in [-0.2, 0) is 14.3 Å². The van der Waals surface area contributed by atoms with Gasteiger partial charge in [-0.25, -0.2) is 0 Å². The fourth-order valence-electron chi connectivity index (χ4n) is 1.68. The molecule has 0 radical (unpaired) electrons. The number of Topliss-reactive ketones (excluding diaryl/α,β-unsaturated/α-hetero) is 1. The molecule has 1 aliphatic carbocycles. The van der Waals surface area contributed by atoms with Gasteiger partial charge in [0.25, 0.3) is 0 Å². The smallest absolute Gasteiger partial charge is 0.307 e. The Kier molecular flexibility index (Phi) is 4.28. The Morgan fingerprint density at radius 1 is 1.47 bits per heavy atom. The van der Waals surface area contributed by atoms with Crippen LogP contribution in [0.2, 0.25) is 0 Å². The van der Waals surface area contributed by atoms with E-state index in [4.69, 9.17) is 4.74 Å². The standard InChI is InChI=1S/C12H16O3/c1-3-4-7-11(14)10-6-5-8-12(10)15-9(2)13/h3H,1,4-8H2,2H3. The average Bonchev–Trinajstić information content (AvgIpc) is 2.61. The minimum absolute atomic E-state index is 0.0867. The second-order valence-corrected chi connectivity index (χ2v) is 3.60.